The molecule has 1 fully saturated rings. The van der Waals surface area contributed by atoms with Crippen LogP contribution in [-0.2, 0) is 11.3 Å². The number of aromatic nitrogens is 2. The minimum atomic E-state index is -0.303. The van der Waals surface area contributed by atoms with Crippen LogP contribution in [-0.4, -0.2) is 34.0 Å². The third-order valence-corrected chi connectivity index (χ3v) is 6.01. The second kappa shape index (κ2) is 10.0. The summed E-state index contributed by atoms with van der Waals surface area (Å²) in [5.74, 6) is 0.664. The monoisotopic (exact) mass is 436 g/mol. The third kappa shape index (κ3) is 5.40. The second-order valence-electron chi connectivity index (χ2n) is 8.47. The quantitative estimate of drug-likeness (QED) is 0.583. The highest BCUT2D eigenvalue weighted by molar-refractivity contribution is 5.79. The van der Waals surface area contributed by atoms with Crippen molar-refractivity contribution in [2.24, 2.45) is 5.92 Å². The number of likely N-dealkylation sites (tertiary alicyclic amines) is 1. The summed E-state index contributed by atoms with van der Waals surface area (Å²) in [6.45, 7) is 6.18. The van der Waals surface area contributed by atoms with Gasteiger partial charge in [0, 0.05) is 12.1 Å². The molecule has 2 heterocycles. The molecule has 1 aliphatic rings. The highest BCUT2D eigenvalue weighted by atomic mass is 19.1. The Hall–Kier alpha value is -3.06. The summed E-state index contributed by atoms with van der Waals surface area (Å²) in [5.41, 5.74) is 3.05. The number of hydrogen-bond donors (Lipinski definition) is 1. The average Bonchev–Trinajstić information content (AvgIpc) is 3.27. The molecule has 0 radical (unpaired) electrons. The Kier molecular flexibility index (Phi) is 6.95. The van der Waals surface area contributed by atoms with Gasteiger partial charge in [-0.2, -0.15) is 4.98 Å². The maximum absolute atomic E-state index is 13.1. The lowest BCUT2D eigenvalue weighted by atomic mass is 9.95. The number of carbonyl (C=O) groups excluding carboxylic acids is 1. The summed E-state index contributed by atoms with van der Waals surface area (Å²) in [5, 5.41) is 7.25. The Morgan fingerprint density at radius 2 is 1.97 bits per heavy atom. The molecular formula is C25H29FN4O2. The molecule has 1 aliphatic heterocycles. The summed E-state index contributed by atoms with van der Waals surface area (Å²) in [4.78, 5) is 19.6. The summed E-state index contributed by atoms with van der Waals surface area (Å²) < 4.78 is 18.5. The van der Waals surface area contributed by atoms with Gasteiger partial charge in [-0.25, -0.2) is 4.39 Å². The van der Waals surface area contributed by atoms with Gasteiger partial charge in [-0.05, 0) is 62.6 Å². The molecule has 1 saturated heterocycles. The number of nitrogens with one attached hydrogen (secondary N) is 1. The van der Waals surface area contributed by atoms with Crippen LogP contribution in [0.5, 0.6) is 0 Å². The lowest BCUT2D eigenvalue weighted by Gasteiger charge is -2.32. The van der Waals surface area contributed by atoms with Crippen LogP contribution in [0, 0.1) is 18.7 Å². The van der Waals surface area contributed by atoms with Crippen molar-refractivity contribution >= 4 is 5.91 Å². The summed E-state index contributed by atoms with van der Waals surface area (Å²) >= 11 is 0. The van der Waals surface area contributed by atoms with Crippen molar-refractivity contribution in [3.05, 3.63) is 71.4 Å². The van der Waals surface area contributed by atoms with E-state index in [1.165, 1.54) is 17.7 Å². The van der Waals surface area contributed by atoms with Crippen LogP contribution < -0.4 is 5.32 Å². The fraction of sp³-hybridized carbons (Fsp3) is 0.400. The number of carbonyl (C=O) groups is 1. The molecule has 3 aromatic rings. The summed E-state index contributed by atoms with van der Waals surface area (Å²) in [6, 6.07) is 14.4. The Morgan fingerprint density at radius 3 is 2.69 bits per heavy atom. The lowest BCUT2D eigenvalue weighted by Crippen LogP contribution is -2.43. The van der Waals surface area contributed by atoms with E-state index >= 15 is 0 Å². The number of hydrogen-bond acceptors (Lipinski definition) is 5. The molecule has 2 unspecified atom stereocenters. The summed E-state index contributed by atoms with van der Waals surface area (Å²) in [6.07, 6.45) is 2.66. The molecule has 1 amide bonds. The molecule has 168 valence electrons. The number of aryl methyl sites for hydroxylation is 1. The van der Waals surface area contributed by atoms with Gasteiger partial charge in [0.25, 0.3) is 0 Å². The molecule has 6 nitrogen and oxygen atoms in total. The molecular weight excluding hydrogens is 407 g/mol. The van der Waals surface area contributed by atoms with Crippen LogP contribution >= 0.6 is 0 Å². The zero-order valence-electron chi connectivity index (χ0n) is 18.6. The van der Waals surface area contributed by atoms with Crippen LogP contribution in [0.3, 0.4) is 0 Å². The normalized spacial score (nSPS) is 17.8. The van der Waals surface area contributed by atoms with Crippen LogP contribution in [0.15, 0.2) is 53.1 Å². The van der Waals surface area contributed by atoms with E-state index in [-0.39, 0.29) is 23.7 Å². The first-order valence-electron chi connectivity index (χ1n) is 11.2. The molecule has 0 spiro atoms. The van der Waals surface area contributed by atoms with Gasteiger partial charge >= 0.3 is 0 Å². The van der Waals surface area contributed by atoms with Crippen LogP contribution in [0.4, 0.5) is 4.39 Å². The highest BCUT2D eigenvalue weighted by Crippen LogP contribution is 2.23. The Labute approximate surface area is 187 Å². The third-order valence-electron chi connectivity index (χ3n) is 6.01. The zero-order valence-corrected chi connectivity index (χ0v) is 18.6. The number of benzene rings is 2. The Morgan fingerprint density at radius 1 is 1.22 bits per heavy atom. The van der Waals surface area contributed by atoms with Crippen molar-refractivity contribution in [1.29, 1.82) is 0 Å². The van der Waals surface area contributed by atoms with Gasteiger partial charge in [0.1, 0.15) is 5.82 Å². The van der Waals surface area contributed by atoms with Gasteiger partial charge in [-0.15, -0.1) is 0 Å². The maximum Gasteiger partial charge on any atom is 0.241 e. The number of piperidine rings is 1. The first-order chi connectivity index (χ1) is 15.5. The van der Waals surface area contributed by atoms with Crippen LogP contribution in [0.1, 0.15) is 49.2 Å². The molecule has 2 aromatic carbocycles. The fourth-order valence-electron chi connectivity index (χ4n) is 4.15. The second-order valence-corrected chi connectivity index (χ2v) is 8.47. The predicted molar refractivity (Wildman–Crippen MR) is 120 cm³/mol. The van der Waals surface area contributed by atoms with Crippen molar-refractivity contribution in [3.8, 4) is 11.4 Å². The van der Waals surface area contributed by atoms with E-state index in [0.29, 0.717) is 30.4 Å². The van der Waals surface area contributed by atoms with Crippen molar-refractivity contribution in [2.75, 3.05) is 13.1 Å². The van der Waals surface area contributed by atoms with Crippen molar-refractivity contribution in [3.63, 3.8) is 0 Å². The molecule has 0 saturated carbocycles. The first-order valence-corrected chi connectivity index (χ1v) is 11.2. The van der Waals surface area contributed by atoms with Crippen LogP contribution in [0.25, 0.3) is 11.4 Å². The Balaban J connectivity index is 1.35. The molecule has 2 atom stereocenters. The minimum absolute atomic E-state index is 0.0210. The summed E-state index contributed by atoms with van der Waals surface area (Å²) in [7, 11) is 0. The average molecular weight is 437 g/mol. The topological polar surface area (TPSA) is 71.3 Å². The first kappa shape index (κ1) is 22.1. The molecule has 4 rings (SSSR count). The SMILES string of the molecule is CCC(NC(=O)C1CCCN(Cc2nc(-c3ccc(F)cc3)no2)C1)c1ccc(C)cc1. The number of amides is 1. The molecule has 32 heavy (non-hydrogen) atoms. The molecule has 0 bridgehead atoms. The van der Waals surface area contributed by atoms with Gasteiger partial charge in [0.2, 0.25) is 17.6 Å². The predicted octanol–water partition coefficient (Wildman–Crippen LogP) is 4.66. The zero-order chi connectivity index (χ0) is 22.5. The standard InChI is InChI=1S/C25H29FN4O2/c1-3-22(18-8-6-17(2)7-9-18)27-25(31)20-5-4-14-30(15-20)16-23-28-24(29-32-23)19-10-12-21(26)13-11-19/h6-13,20,22H,3-5,14-16H2,1-2H3,(H,27,31). The molecule has 1 aromatic heterocycles. The minimum Gasteiger partial charge on any atom is -0.349 e. The van der Waals surface area contributed by atoms with E-state index in [1.807, 2.05) is 0 Å². The maximum atomic E-state index is 13.1. The fourth-order valence-corrected chi connectivity index (χ4v) is 4.15. The van der Waals surface area contributed by atoms with E-state index in [0.717, 1.165) is 31.4 Å². The van der Waals surface area contributed by atoms with Gasteiger partial charge in [-0.3, -0.25) is 9.69 Å². The largest absolute Gasteiger partial charge is 0.349 e. The van der Waals surface area contributed by atoms with Crippen molar-refractivity contribution < 1.29 is 13.7 Å². The molecule has 0 aliphatic carbocycles. The van der Waals surface area contributed by atoms with Gasteiger partial charge in [0.15, 0.2) is 0 Å². The van der Waals surface area contributed by atoms with Crippen molar-refractivity contribution in [1.82, 2.24) is 20.4 Å². The highest BCUT2D eigenvalue weighted by Gasteiger charge is 2.28. The number of nitrogens with zero attached hydrogens (tertiary/aromatic N) is 3. The van der Waals surface area contributed by atoms with E-state index in [4.69, 9.17) is 4.52 Å². The number of halogens is 1. The smallest absolute Gasteiger partial charge is 0.241 e. The van der Waals surface area contributed by atoms with Crippen molar-refractivity contribution in [2.45, 2.75) is 45.7 Å². The van der Waals surface area contributed by atoms with E-state index in [9.17, 15) is 9.18 Å². The van der Waals surface area contributed by atoms with E-state index in [2.05, 4.69) is 58.5 Å². The number of rotatable bonds is 7. The Bertz CT molecular complexity index is 1030. The molecule has 7 heteroatoms. The van der Waals surface area contributed by atoms with E-state index < -0.39 is 0 Å². The van der Waals surface area contributed by atoms with Gasteiger partial charge < -0.3 is 9.84 Å². The van der Waals surface area contributed by atoms with E-state index in [1.54, 1.807) is 12.1 Å². The van der Waals surface area contributed by atoms with Crippen LogP contribution in [0.2, 0.25) is 0 Å². The van der Waals surface area contributed by atoms with Gasteiger partial charge in [0.05, 0.1) is 18.5 Å². The lowest BCUT2D eigenvalue weighted by molar-refractivity contribution is -0.127. The molecule has 1 N–H and O–H groups in total. The van der Waals surface area contributed by atoms with Gasteiger partial charge in [-0.1, -0.05) is 41.9 Å².